The fraction of sp³-hybridized carbons (Fsp3) is 0.526. The molecule has 7 nitrogen and oxygen atoms in total. The zero-order chi connectivity index (χ0) is 18.9. The van der Waals surface area contributed by atoms with Crippen LogP contribution in [0.15, 0.2) is 30.3 Å². The Morgan fingerprint density at radius 2 is 2.00 bits per heavy atom. The highest BCUT2D eigenvalue weighted by atomic mass is 16.5. The molecular formula is C19H27N3O4. The summed E-state index contributed by atoms with van der Waals surface area (Å²) in [7, 11) is 0. The number of nitrogens with one attached hydrogen (secondary N) is 2. The summed E-state index contributed by atoms with van der Waals surface area (Å²) in [4.78, 5) is 38.3. The maximum absolute atomic E-state index is 12.6. The summed E-state index contributed by atoms with van der Waals surface area (Å²) in [6.07, 6.45) is 1.62. The van der Waals surface area contributed by atoms with Gasteiger partial charge in [0.25, 0.3) is 0 Å². The molecule has 0 saturated carbocycles. The van der Waals surface area contributed by atoms with E-state index in [4.69, 9.17) is 4.74 Å². The zero-order valence-corrected chi connectivity index (χ0v) is 15.4. The molecule has 0 unspecified atom stereocenters. The Labute approximate surface area is 154 Å². The number of likely N-dealkylation sites (tertiary alicyclic amines) is 1. The Morgan fingerprint density at radius 3 is 2.69 bits per heavy atom. The molecule has 1 heterocycles. The van der Waals surface area contributed by atoms with Crippen LogP contribution in [0.3, 0.4) is 0 Å². The summed E-state index contributed by atoms with van der Waals surface area (Å²) in [6, 6.07) is 8.10. The lowest BCUT2D eigenvalue weighted by molar-refractivity contribution is -0.139. The molecule has 1 saturated heterocycles. The molecule has 1 fully saturated rings. The van der Waals surface area contributed by atoms with E-state index < -0.39 is 18.2 Å². The van der Waals surface area contributed by atoms with E-state index in [1.54, 1.807) is 11.8 Å². The minimum Gasteiger partial charge on any atom is -0.445 e. The van der Waals surface area contributed by atoms with Gasteiger partial charge in [-0.15, -0.1) is 0 Å². The number of carbonyl (C=O) groups excluding carboxylic acids is 3. The topological polar surface area (TPSA) is 87.7 Å². The fourth-order valence-corrected chi connectivity index (χ4v) is 2.92. The zero-order valence-electron chi connectivity index (χ0n) is 15.4. The van der Waals surface area contributed by atoms with Crippen LogP contribution in [0.4, 0.5) is 4.79 Å². The number of hydrogen-bond acceptors (Lipinski definition) is 4. The number of hydrogen-bond donors (Lipinski definition) is 2. The molecule has 2 N–H and O–H groups in total. The van der Waals surface area contributed by atoms with Gasteiger partial charge in [-0.1, -0.05) is 37.3 Å². The highest BCUT2D eigenvalue weighted by Crippen LogP contribution is 2.18. The first-order valence-corrected chi connectivity index (χ1v) is 9.08. The van der Waals surface area contributed by atoms with Crippen LogP contribution in [-0.4, -0.2) is 48.0 Å². The Kier molecular flexibility index (Phi) is 7.44. The number of benzene rings is 1. The molecule has 1 aromatic carbocycles. The van der Waals surface area contributed by atoms with Crippen molar-refractivity contribution in [1.82, 2.24) is 15.5 Å². The van der Waals surface area contributed by atoms with Gasteiger partial charge in [-0.2, -0.15) is 0 Å². The van der Waals surface area contributed by atoms with Crippen molar-refractivity contribution in [1.29, 1.82) is 0 Å². The molecule has 2 atom stereocenters. The van der Waals surface area contributed by atoms with Gasteiger partial charge in [0.05, 0.1) is 0 Å². The number of nitrogens with zero attached hydrogens (tertiary/aromatic N) is 1. The first-order valence-electron chi connectivity index (χ1n) is 9.08. The normalized spacial score (nSPS) is 17.5. The van der Waals surface area contributed by atoms with Gasteiger partial charge in [-0.05, 0) is 31.7 Å². The van der Waals surface area contributed by atoms with Crippen LogP contribution in [0.2, 0.25) is 0 Å². The van der Waals surface area contributed by atoms with E-state index in [1.165, 1.54) is 0 Å². The van der Waals surface area contributed by atoms with Crippen molar-refractivity contribution in [3.05, 3.63) is 35.9 Å². The van der Waals surface area contributed by atoms with Crippen LogP contribution in [0.5, 0.6) is 0 Å². The quantitative estimate of drug-likeness (QED) is 0.775. The van der Waals surface area contributed by atoms with Crippen molar-refractivity contribution < 1.29 is 19.1 Å². The molecule has 26 heavy (non-hydrogen) atoms. The molecule has 3 amide bonds. The summed E-state index contributed by atoms with van der Waals surface area (Å²) in [6.45, 7) is 4.83. The summed E-state index contributed by atoms with van der Waals surface area (Å²) in [5.74, 6) is -0.396. The average Bonchev–Trinajstić information content (AvgIpc) is 3.14. The molecule has 1 aromatic rings. The van der Waals surface area contributed by atoms with Crippen LogP contribution in [0.1, 0.15) is 38.7 Å². The number of alkyl carbamates (subject to hydrolysis) is 1. The second-order valence-corrected chi connectivity index (χ2v) is 6.41. The minimum atomic E-state index is -0.752. The Bertz CT molecular complexity index is 620. The third-order valence-electron chi connectivity index (χ3n) is 4.31. The molecule has 0 radical (unpaired) electrons. The van der Waals surface area contributed by atoms with Gasteiger partial charge in [-0.25, -0.2) is 4.79 Å². The van der Waals surface area contributed by atoms with E-state index in [0.717, 1.165) is 18.4 Å². The van der Waals surface area contributed by atoms with Crippen LogP contribution in [0.25, 0.3) is 0 Å². The summed E-state index contributed by atoms with van der Waals surface area (Å²) in [5, 5.41) is 5.38. The third-order valence-corrected chi connectivity index (χ3v) is 4.31. The van der Waals surface area contributed by atoms with E-state index in [2.05, 4.69) is 10.6 Å². The van der Waals surface area contributed by atoms with Crippen molar-refractivity contribution in [3.63, 3.8) is 0 Å². The van der Waals surface area contributed by atoms with Gasteiger partial charge in [0.15, 0.2) is 0 Å². The van der Waals surface area contributed by atoms with E-state index in [9.17, 15) is 14.4 Å². The van der Waals surface area contributed by atoms with Gasteiger partial charge in [-0.3, -0.25) is 9.59 Å². The Hall–Kier alpha value is -2.57. The Balaban J connectivity index is 1.83. The van der Waals surface area contributed by atoms with Crippen LogP contribution < -0.4 is 10.6 Å². The van der Waals surface area contributed by atoms with E-state index >= 15 is 0 Å². The predicted molar refractivity (Wildman–Crippen MR) is 97.3 cm³/mol. The number of carbonyl (C=O) groups is 3. The molecule has 0 aliphatic carbocycles. The molecule has 1 aliphatic heterocycles. The lowest BCUT2D eigenvalue weighted by Crippen LogP contribution is -2.52. The van der Waals surface area contributed by atoms with E-state index in [-0.39, 0.29) is 18.4 Å². The minimum absolute atomic E-state index is 0.128. The molecule has 0 spiro atoms. The number of amides is 3. The maximum atomic E-state index is 12.6. The summed E-state index contributed by atoms with van der Waals surface area (Å²) < 4.78 is 5.14. The van der Waals surface area contributed by atoms with Gasteiger partial charge in [0, 0.05) is 13.1 Å². The molecule has 142 valence electrons. The molecule has 2 rings (SSSR count). The SMILES string of the molecule is CCCNC(=O)[C@@H]1CCCN1C(=O)[C@H](C)NC(=O)OCc1ccccc1. The average molecular weight is 361 g/mol. The molecule has 0 bridgehead atoms. The highest BCUT2D eigenvalue weighted by molar-refractivity contribution is 5.91. The van der Waals surface area contributed by atoms with Crippen molar-refractivity contribution in [3.8, 4) is 0 Å². The van der Waals surface area contributed by atoms with Crippen LogP contribution >= 0.6 is 0 Å². The van der Waals surface area contributed by atoms with Gasteiger partial charge >= 0.3 is 6.09 Å². The second kappa shape index (κ2) is 9.79. The lowest BCUT2D eigenvalue weighted by Gasteiger charge is -2.27. The Morgan fingerprint density at radius 1 is 1.27 bits per heavy atom. The van der Waals surface area contributed by atoms with Gasteiger partial charge in [0.2, 0.25) is 11.8 Å². The van der Waals surface area contributed by atoms with Gasteiger partial charge in [0.1, 0.15) is 18.7 Å². The van der Waals surface area contributed by atoms with Crippen molar-refractivity contribution >= 4 is 17.9 Å². The third kappa shape index (κ3) is 5.47. The molecule has 7 heteroatoms. The predicted octanol–water partition coefficient (Wildman–Crippen LogP) is 1.82. The summed E-state index contributed by atoms with van der Waals surface area (Å²) in [5.41, 5.74) is 0.869. The largest absolute Gasteiger partial charge is 0.445 e. The number of ether oxygens (including phenoxy) is 1. The molecule has 0 aromatic heterocycles. The van der Waals surface area contributed by atoms with Crippen LogP contribution in [-0.2, 0) is 20.9 Å². The standard InChI is InChI=1S/C19H27N3O4/c1-3-11-20-17(23)16-10-7-12-22(16)18(24)14(2)21-19(25)26-13-15-8-5-4-6-9-15/h4-6,8-9,14,16H,3,7,10-13H2,1-2H3,(H,20,23)(H,21,25)/t14-,16-/m0/s1. The van der Waals surface area contributed by atoms with E-state index in [1.807, 2.05) is 37.3 Å². The smallest absolute Gasteiger partial charge is 0.408 e. The van der Waals surface area contributed by atoms with Crippen molar-refractivity contribution in [2.75, 3.05) is 13.1 Å². The second-order valence-electron chi connectivity index (χ2n) is 6.41. The number of rotatable bonds is 7. The van der Waals surface area contributed by atoms with E-state index in [0.29, 0.717) is 19.5 Å². The lowest BCUT2D eigenvalue weighted by atomic mass is 10.2. The first-order chi connectivity index (χ1) is 12.5. The molecular weight excluding hydrogens is 334 g/mol. The van der Waals surface area contributed by atoms with Crippen LogP contribution in [0, 0.1) is 0 Å². The van der Waals surface area contributed by atoms with Crippen molar-refractivity contribution in [2.24, 2.45) is 0 Å². The first kappa shape index (κ1) is 19.8. The van der Waals surface area contributed by atoms with Crippen molar-refractivity contribution in [2.45, 2.75) is 51.8 Å². The summed E-state index contributed by atoms with van der Waals surface area (Å²) >= 11 is 0. The highest BCUT2D eigenvalue weighted by Gasteiger charge is 2.36. The fourth-order valence-electron chi connectivity index (χ4n) is 2.92. The molecule has 1 aliphatic rings. The maximum Gasteiger partial charge on any atom is 0.408 e. The van der Waals surface area contributed by atoms with Gasteiger partial charge < -0.3 is 20.3 Å². The monoisotopic (exact) mass is 361 g/mol.